The van der Waals surface area contributed by atoms with Crippen LogP contribution in [0.2, 0.25) is 0 Å². The Bertz CT molecular complexity index is 87.6. The second-order valence-electron chi connectivity index (χ2n) is 2.53. The monoisotopic (exact) mass is 175 g/mol. The van der Waals surface area contributed by atoms with Gasteiger partial charge in [0.05, 0.1) is 5.55 Å². The van der Waals surface area contributed by atoms with Crippen LogP contribution in [-0.4, -0.2) is 16.8 Å². The lowest BCUT2D eigenvalue weighted by atomic mass is 10.4. The van der Waals surface area contributed by atoms with Crippen molar-refractivity contribution in [3.05, 3.63) is 0 Å². The molecule has 0 aliphatic rings. The number of hydrogen-bond donors (Lipinski definition) is 0. The summed E-state index contributed by atoms with van der Waals surface area (Å²) in [7, 11) is 0. The molecule has 0 N–H and O–H groups in total. The van der Waals surface area contributed by atoms with Crippen molar-refractivity contribution in [2.75, 3.05) is 0 Å². The highest BCUT2D eigenvalue weighted by atomic mass is 32.2. The van der Waals surface area contributed by atoms with Crippen LogP contribution in [0.4, 0.5) is 0 Å². The molecule has 0 fully saturated rings. The molecule has 0 saturated carbocycles. The van der Waals surface area contributed by atoms with Crippen LogP contribution in [0.25, 0.3) is 0 Å². The van der Waals surface area contributed by atoms with Crippen LogP contribution >= 0.6 is 11.8 Å². The summed E-state index contributed by atoms with van der Waals surface area (Å²) < 4.78 is 0. The third-order valence-electron chi connectivity index (χ3n) is 0.692. The van der Waals surface area contributed by atoms with Crippen molar-refractivity contribution in [3.63, 3.8) is 0 Å². The Balaban J connectivity index is 0. The molecule has 0 spiro atoms. The zero-order chi connectivity index (χ0) is 9.28. The molecule has 2 heteroatoms. The van der Waals surface area contributed by atoms with E-state index in [2.05, 4.69) is 32.7 Å². The van der Waals surface area contributed by atoms with Crippen molar-refractivity contribution < 1.29 is 0 Å². The number of hydrogen-bond acceptors (Lipinski definition) is 2. The maximum absolute atomic E-state index is 4.20. The van der Waals surface area contributed by atoms with E-state index in [1.54, 1.807) is 11.8 Å². The molecular formula is C9H21NS. The predicted molar refractivity (Wildman–Crippen MR) is 57.7 cm³/mol. The number of aliphatic imine (C=N–C) groups is 1. The summed E-state index contributed by atoms with van der Waals surface area (Å²) in [5.41, 5.74) is 1.94. The highest BCUT2D eigenvalue weighted by molar-refractivity contribution is 8.12. The lowest BCUT2D eigenvalue weighted by molar-refractivity contribution is 0.843. The molecule has 0 heterocycles. The summed E-state index contributed by atoms with van der Waals surface area (Å²) in [6.07, 6.45) is 0. The first-order valence-electron chi connectivity index (χ1n) is 4.30. The van der Waals surface area contributed by atoms with Crippen LogP contribution in [0.15, 0.2) is 4.99 Å². The van der Waals surface area contributed by atoms with Crippen molar-refractivity contribution in [2.24, 2.45) is 4.99 Å². The van der Waals surface area contributed by atoms with Crippen molar-refractivity contribution >= 4 is 17.3 Å². The molecule has 0 saturated heterocycles. The van der Waals surface area contributed by atoms with E-state index in [1.165, 1.54) is 0 Å². The third-order valence-corrected chi connectivity index (χ3v) is 1.48. The highest BCUT2D eigenvalue weighted by Gasteiger charge is 1.88. The topological polar surface area (TPSA) is 12.4 Å². The SMILES string of the molecule is CC.CC(C)N=CSC(C)C. The van der Waals surface area contributed by atoms with Gasteiger partial charge in [0.2, 0.25) is 0 Å². The molecule has 11 heavy (non-hydrogen) atoms. The van der Waals surface area contributed by atoms with Gasteiger partial charge in [-0.3, -0.25) is 4.99 Å². The van der Waals surface area contributed by atoms with Gasteiger partial charge in [0.25, 0.3) is 0 Å². The Morgan fingerprint density at radius 2 is 1.55 bits per heavy atom. The molecule has 0 aromatic rings. The fourth-order valence-corrected chi connectivity index (χ4v) is 0.836. The average molecular weight is 175 g/mol. The number of thioether (sulfide) groups is 1. The molecule has 68 valence electrons. The molecule has 0 aromatic heterocycles. The molecule has 0 bridgehead atoms. The van der Waals surface area contributed by atoms with E-state index in [4.69, 9.17) is 0 Å². The second kappa shape index (κ2) is 10.0. The lowest BCUT2D eigenvalue weighted by Crippen LogP contribution is -1.90. The zero-order valence-electron chi connectivity index (χ0n) is 8.59. The standard InChI is InChI=1S/C7H15NS.C2H6/c1-6(2)8-5-9-7(3)4;1-2/h5-7H,1-4H3;1-2H3. The van der Waals surface area contributed by atoms with E-state index in [0.717, 1.165) is 0 Å². The molecule has 0 aliphatic heterocycles. The Kier molecular flexibility index (Phi) is 12.4. The molecule has 0 radical (unpaired) electrons. The van der Waals surface area contributed by atoms with Crippen molar-refractivity contribution in [1.82, 2.24) is 0 Å². The lowest BCUT2D eigenvalue weighted by Gasteiger charge is -1.97. The minimum absolute atomic E-state index is 0.441. The molecule has 0 amide bonds. The average Bonchev–Trinajstić information content (AvgIpc) is 1.90. The maximum Gasteiger partial charge on any atom is 0.0546 e. The van der Waals surface area contributed by atoms with E-state index < -0.39 is 0 Å². The largest absolute Gasteiger partial charge is 0.284 e. The van der Waals surface area contributed by atoms with Crippen LogP contribution in [0.5, 0.6) is 0 Å². The minimum Gasteiger partial charge on any atom is -0.284 e. The molecule has 0 unspecified atom stereocenters. The summed E-state index contributed by atoms with van der Waals surface area (Å²) in [6.45, 7) is 12.5. The molecular weight excluding hydrogens is 154 g/mol. The van der Waals surface area contributed by atoms with Gasteiger partial charge in [-0.1, -0.05) is 27.7 Å². The van der Waals surface area contributed by atoms with Gasteiger partial charge in [-0.15, -0.1) is 11.8 Å². The number of nitrogens with zero attached hydrogens (tertiary/aromatic N) is 1. The van der Waals surface area contributed by atoms with Crippen molar-refractivity contribution in [1.29, 1.82) is 0 Å². The first-order valence-corrected chi connectivity index (χ1v) is 5.24. The zero-order valence-corrected chi connectivity index (χ0v) is 9.40. The second-order valence-corrected chi connectivity index (χ2v) is 3.96. The van der Waals surface area contributed by atoms with Crippen molar-refractivity contribution in [3.8, 4) is 0 Å². The van der Waals surface area contributed by atoms with Crippen LogP contribution in [0.1, 0.15) is 41.5 Å². The van der Waals surface area contributed by atoms with Crippen LogP contribution in [0, 0.1) is 0 Å². The van der Waals surface area contributed by atoms with Crippen LogP contribution in [0.3, 0.4) is 0 Å². The minimum atomic E-state index is 0.441. The predicted octanol–water partition coefficient (Wildman–Crippen LogP) is 3.59. The van der Waals surface area contributed by atoms with Crippen molar-refractivity contribution in [2.45, 2.75) is 52.8 Å². The molecule has 0 atom stereocenters. The molecule has 0 rings (SSSR count). The summed E-state index contributed by atoms with van der Waals surface area (Å²) >= 11 is 1.77. The Morgan fingerprint density at radius 3 is 1.82 bits per heavy atom. The van der Waals surface area contributed by atoms with E-state index >= 15 is 0 Å². The first kappa shape index (κ1) is 13.6. The summed E-state index contributed by atoms with van der Waals surface area (Å²) in [5, 5.41) is 0.660. The Labute approximate surface area is 75.7 Å². The van der Waals surface area contributed by atoms with Gasteiger partial charge < -0.3 is 0 Å². The quantitative estimate of drug-likeness (QED) is 0.471. The van der Waals surface area contributed by atoms with Crippen LogP contribution in [-0.2, 0) is 0 Å². The van der Waals surface area contributed by atoms with E-state index in [1.807, 2.05) is 19.4 Å². The summed E-state index contributed by atoms with van der Waals surface area (Å²) in [6, 6.07) is 0.441. The fourth-order valence-electron chi connectivity index (χ4n) is 0.279. The summed E-state index contributed by atoms with van der Waals surface area (Å²) in [4.78, 5) is 4.20. The molecule has 0 aliphatic carbocycles. The van der Waals surface area contributed by atoms with Gasteiger partial charge in [-0.05, 0) is 13.8 Å². The Hall–Kier alpha value is 0.0200. The Morgan fingerprint density at radius 1 is 1.09 bits per heavy atom. The maximum atomic E-state index is 4.20. The van der Waals surface area contributed by atoms with Gasteiger partial charge in [0.15, 0.2) is 0 Å². The normalized spacial score (nSPS) is 10.5. The number of rotatable bonds is 3. The van der Waals surface area contributed by atoms with Gasteiger partial charge >= 0.3 is 0 Å². The van der Waals surface area contributed by atoms with E-state index in [9.17, 15) is 0 Å². The van der Waals surface area contributed by atoms with Gasteiger partial charge in [-0.25, -0.2) is 0 Å². The highest BCUT2D eigenvalue weighted by Crippen LogP contribution is 2.04. The fraction of sp³-hybridized carbons (Fsp3) is 0.889. The van der Waals surface area contributed by atoms with Crippen LogP contribution < -0.4 is 0 Å². The smallest absolute Gasteiger partial charge is 0.0546 e. The molecule has 1 nitrogen and oxygen atoms in total. The first-order chi connectivity index (χ1) is 5.13. The molecule has 0 aromatic carbocycles. The third kappa shape index (κ3) is 17.8. The van der Waals surface area contributed by atoms with E-state index in [0.29, 0.717) is 11.3 Å². The van der Waals surface area contributed by atoms with Gasteiger partial charge in [0, 0.05) is 11.3 Å². The van der Waals surface area contributed by atoms with Gasteiger partial charge in [0.1, 0.15) is 0 Å². The summed E-state index contributed by atoms with van der Waals surface area (Å²) in [5.74, 6) is 0. The van der Waals surface area contributed by atoms with E-state index in [-0.39, 0.29) is 0 Å². The van der Waals surface area contributed by atoms with Gasteiger partial charge in [-0.2, -0.15) is 0 Å².